The number of rotatable bonds is 4. The first-order valence-electron chi connectivity index (χ1n) is 8.73. The van der Waals surface area contributed by atoms with E-state index in [1.54, 1.807) is 18.5 Å². The van der Waals surface area contributed by atoms with Crippen LogP contribution < -0.4 is 0 Å². The summed E-state index contributed by atoms with van der Waals surface area (Å²) in [5.41, 5.74) is 1.51. The molecule has 24 heavy (non-hydrogen) atoms. The van der Waals surface area contributed by atoms with Gasteiger partial charge < -0.3 is 0 Å². The fourth-order valence-electron chi connectivity index (χ4n) is 4.13. The third-order valence-corrected chi connectivity index (χ3v) is 5.37. The van der Waals surface area contributed by atoms with Crippen LogP contribution in [0.25, 0.3) is 0 Å². The summed E-state index contributed by atoms with van der Waals surface area (Å²) in [5, 5.41) is 0. The SMILES string of the molecule is Cc1cc(C2C(C=O)=CC=NC2(C)C(=O)C2CCCCC2)ccn1. The van der Waals surface area contributed by atoms with E-state index in [1.807, 2.05) is 26.0 Å². The van der Waals surface area contributed by atoms with Gasteiger partial charge in [-0.25, -0.2) is 0 Å². The molecule has 0 bridgehead atoms. The topological polar surface area (TPSA) is 59.4 Å². The van der Waals surface area contributed by atoms with Crippen molar-refractivity contribution in [1.29, 1.82) is 0 Å². The van der Waals surface area contributed by atoms with Crippen molar-refractivity contribution in [2.45, 2.75) is 57.4 Å². The first kappa shape index (κ1) is 16.7. The van der Waals surface area contributed by atoms with Crippen LogP contribution in [0.2, 0.25) is 0 Å². The molecular formula is C20H24N2O2. The van der Waals surface area contributed by atoms with E-state index in [4.69, 9.17) is 0 Å². The Kier molecular flexibility index (Phi) is 4.74. The first-order valence-corrected chi connectivity index (χ1v) is 8.73. The number of Topliss-reactive ketones (excluding diaryl/α,β-unsaturated/α-hetero) is 1. The summed E-state index contributed by atoms with van der Waals surface area (Å²) in [5.74, 6) is -0.112. The van der Waals surface area contributed by atoms with Gasteiger partial charge in [0.1, 0.15) is 11.8 Å². The second-order valence-electron chi connectivity index (χ2n) is 7.07. The molecule has 126 valence electrons. The van der Waals surface area contributed by atoms with Crippen LogP contribution in [0.4, 0.5) is 0 Å². The lowest BCUT2D eigenvalue weighted by atomic mass is 9.68. The number of pyridine rings is 1. The molecule has 0 radical (unpaired) electrons. The van der Waals surface area contributed by atoms with Gasteiger partial charge in [-0.15, -0.1) is 0 Å². The molecule has 0 saturated heterocycles. The zero-order valence-corrected chi connectivity index (χ0v) is 14.4. The number of carbonyl (C=O) groups is 2. The van der Waals surface area contributed by atoms with Crippen LogP contribution in [0.5, 0.6) is 0 Å². The van der Waals surface area contributed by atoms with Gasteiger partial charge in [0, 0.05) is 35.5 Å². The maximum atomic E-state index is 13.3. The summed E-state index contributed by atoms with van der Waals surface area (Å²) in [6.07, 6.45) is 11.2. The van der Waals surface area contributed by atoms with Crippen molar-refractivity contribution in [2.24, 2.45) is 10.9 Å². The van der Waals surface area contributed by atoms with Crippen LogP contribution >= 0.6 is 0 Å². The molecule has 1 saturated carbocycles. The first-order chi connectivity index (χ1) is 11.6. The molecule has 0 amide bonds. The second kappa shape index (κ2) is 6.80. The largest absolute Gasteiger partial charge is 0.298 e. The van der Waals surface area contributed by atoms with Crippen molar-refractivity contribution in [3.8, 4) is 0 Å². The fraction of sp³-hybridized carbons (Fsp3) is 0.500. The molecule has 1 aromatic heterocycles. The highest BCUT2D eigenvalue weighted by Gasteiger charge is 2.47. The molecule has 0 N–H and O–H groups in total. The highest BCUT2D eigenvalue weighted by Crippen LogP contribution is 2.42. The van der Waals surface area contributed by atoms with Crippen molar-refractivity contribution in [3.63, 3.8) is 0 Å². The zero-order chi connectivity index (χ0) is 17.2. The Morgan fingerprint density at radius 1 is 1.29 bits per heavy atom. The Morgan fingerprint density at radius 3 is 2.71 bits per heavy atom. The molecule has 1 aromatic rings. The zero-order valence-electron chi connectivity index (χ0n) is 14.4. The third-order valence-electron chi connectivity index (χ3n) is 5.37. The Labute approximate surface area is 143 Å². The number of aryl methyl sites for hydroxylation is 1. The van der Waals surface area contributed by atoms with Crippen molar-refractivity contribution >= 4 is 18.3 Å². The van der Waals surface area contributed by atoms with Gasteiger partial charge >= 0.3 is 0 Å². The summed E-state index contributed by atoms with van der Waals surface area (Å²) in [7, 11) is 0. The van der Waals surface area contributed by atoms with Crippen LogP contribution in [0.15, 0.2) is 35.0 Å². The summed E-state index contributed by atoms with van der Waals surface area (Å²) in [4.78, 5) is 33.8. The van der Waals surface area contributed by atoms with Gasteiger partial charge in [-0.2, -0.15) is 0 Å². The van der Waals surface area contributed by atoms with Gasteiger partial charge in [-0.05, 0) is 50.5 Å². The molecule has 3 rings (SSSR count). The summed E-state index contributed by atoms with van der Waals surface area (Å²) in [6.45, 7) is 3.80. The van der Waals surface area contributed by atoms with Crippen molar-refractivity contribution in [1.82, 2.24) is 4.98 Å². The van der Waals surface area contributed by atoms with Crippen LogP contribution in [0.3, 0.4) is 0 Å². The number of nitrogens with zero attached hydrogens (tertiary/aromatic N) is 2. The van der Waals surface area contributed by atoms with Crippen LogP contribution in [0.1, 0.15) is 56.2 Å². The fourth-order valence-corrected chi connectivity index (χ4v) is 4.13. The normalized spacial score (nSPS) is 27.6. The maximum absolute atomic E-state index is 13.3. The number of ketones is 1. The van der Waals surface area contributed by atoms with E-state index in [2.05, 4.69) is 9.98 Å². The molecule has 1 aliphatic carbocycles. The van der Waals surface area contributed by atoms with E-state index >= 15 is 0 Å². The second-order valence-corrected chi connectivity index (χ2v) is 7.07. The summed E-state index contributed by atoms with van der Waals surface area (Å²) in [6, 6.07) is 3.84. The average Bonchev–Trinajstić information content (AvgIpc) is 2.61. The third kappa shape index (κ3) is 2.97. The molecular weight excluding hydrogens is 300 g/mol. The molecule has 4 nitrogen and oxygen atoms in total. The Balaban J connectivity index is 2.02. The van der Waals surface area contributed by atoms with E-state index in [0.717, 1.165) is 43.2 Å². The molecule has 2 heterocycles. The van der Waals surface area contributed by atoms with E-state index < -0.39 is 5.54 Å². The molecule has 1 aliphatic heterocycles. The van der Waals surface area contributed by atoms with E-state index in [9.17, 15) is 9.59 Å². The monoisotopic (exact) mass is 324 g/mol. The molecule has 1 fully saturated rings. The molecule has 2 unspecified atom stereocenters. The number of dihydropyridines is 1. The Hall–Kier alpha value is -2.10. The minimum absolute atomic E-state index is 0.0531. The molecule has 4 heteroatoms. The molecule has 2 atom stereocenters. The van der Waals surface area contributed by atoms with Crippen molar-refractivity contribution in [3.05, 3.63) is 41.2 Å². The predicted octanol–water partition coefficient (Wildman–Crippen LogP) is 3.59. The lowest BCUT2D eigenvalue weighted by Crippen LogP contribution is -2.46. The predicted molar refractivity (Wildman–Crippen MR) is 94.3 cm³/mol. The highest BCUT2D eigenvalue weighted by molar-refractivity contribution is 5.99. The maximum Gasteiger partial charge on any atom is 0.164 e. The lowest BCUT2D eigenvalue weighted by Gasteiger charge is -2.38. The molecule has 0 aromatic carbocycles. The standard InChI is InChI=1S/C20H24N2O2/c1-14-12-16(8-10-21-14)18-17(13-23)9-11-22-20(18,2)19(24)15-6-4-3-5-7-15/h8-13,15,18H,3-7H2,1-2H3. The molecule has 2 aliphatic rings. The van der Waals surface area contributed by atoms with Crippen molar-refractivity contribution in [2.75, 3.05) is 0 Å². The van der Waals surface area contributed by atoms with Gasteiger partial charge in [0.2, 0.25) is 0 Å². The van der Waals surface area contributed by atoms with Gasteiger partial charge in [-0.3, -0.25) is 19.6 Å². The number of carbonyl (C=O) groups excluding carboxylic acids is 2. The minimum Gasteiger partial charge on any atom is -0.298 e. The quantitative estimate of drug-likeness (QED) is 0.795. The minimum atomic E-state index is -0.916. The summed E-state index contributed by atoms with van der Waals surface area (Å²) >= 11 is 0. The van der Waals surface area contributed by atoms with Gasteiger partial charge in [0.25, 0.3) is 0 Å². The van der Waals surface area contributed by atoms with Crippen LogP contribution in [-0.4, -0.2) is 28.8 Å². The Morgan fingerprint density at radius 2 is 2.04 bits per heavy atom. The van der Waals surface area contributed by atoms with Crippen LogP contribution in [0, 0.1) is 12.8 Å². The number of aldehydes is 1. The number of hydrogen-bond donors (Lipinski definition) is 0. The number of aromatic nitrogens is 1. The van der Waals surface area contributed by atoms with E-state index in [1.165, 1.54) is 6.42 Å². The van der Waals surface area contributed by atoms with E-state index in [0.29, 0.717) is 5.57 Å². The average molecular weight is 324 g/mol. The van der Waals surface area contributed by atoms with Crippen molar-refractivity contribution < 1.29 is 9.59 Å². The molecule has 0 spiro atoms. The Bertz CT molecular complexity index is 701. The van der Waals surface area contributed by atoms with Crippen LogP contribution in [-0.2, 0) is 9.59 Å². The number of allylic oxidation sites excluding steroid dienone is 1. The highest BCUT2D eigenvalue weighted by atomic mass is 16.1. The van der Waals surface area contributed by atoms with Gasteiger partial charge in [-0.1, -0.05) is 19.3 Å². The number of aliphatic imine (C=N–C) groups is 1. The van der Waals surface area contributed by atoms with Gasteiger partial charge in [0.15, 0.2) is 5.78 Å². The smallest absolute Gasteiger partial charge is 0.164 e. The van der Waals surface area contributed by atoms with Gasteiger partial charge in [0.05, 0.1) is 0 Å². The summed E-state index contributed by atoms with van der Waals surface area (Å²) < 4.78 is 0. The lowest BCUT2D eigenvalue weighted by molar-refractivity contribution is -0.129. The van der Waals surface area contributed by atoms with E-state index in [-0.39, 0.29) is 17.6 Å². The number of hydrogen-bond acceptors (Lipinski definition) is 4.